The van der Waals surface area contributed by atoms with Gasteiger partial charge in [-0.25, -0.2) is 0 Å². The molecule has 0 aromatic heterocycles. The monoisotopic (exact) mass is 581 g/mol. The van der Waals surface area contributed by atoms with E-state index in [1.165, 1.54) is 141 Å². The van der Waals surface area contributed by atoms with E-state index in [4.69, 9.17) is 9.47 Å². The van der Waals surface area contributed by atoms with E-state index in [1.807, 2.05) is 13.8 Å². The minimum atomic E-state index is -0.350. The molecule has 4 nitrogen and oxygen atoms in total. The summed E-state index contributed by atoms with van der Waals surface area (Å²) in [5.41, 5.74) is -0.350. The smallest absolute Gasteiger partial charge is 0.305 e. The number of hydrogen-bond acceptors (Lipinski definition) is 4. The third-order valence-corrected chi connectivity index (χ3v) is 8.22. The molecule has 0 aliphatic rings. The molecule has 0 radical (unpaired) electrons. The summed E-state index contributed by atoms with van der Waals surface area (Å²) < 4.78 is 11.0. The summed E-state index contributed by atoms with van der Waals surface area (Å²) in [5.74, 6) is -0.251. The van der Waals surface area contributed by atoms with Crippen LogP contribution in [0.4, 0.5) is 0 Å². The molecule has 0 bridgehead atoms. The Morgan fingerprint density at radius 1 is 0.390 bits per heavy atom. The molecule has 244 valence electrons. The third kappa shape index (κ3) is 31.7. The van der Waals surface area contributed by atoms with Crippen LogP contribution in [0.25, 0.3) is 0 Å². The van der Waals surface area contributed by atoms with Gasteiger partial charge in [0, 0.05) is 18.3 Å². The Balaban J connectivity index is 3.53. The lowest BCUT2D eigenvalue weighted by molar-refractivity contribution is -0.152. The van der Waals surface area contributed by atoms with Crippen LogP contribution >= 0.6 is 0 Å². The highest BCUT2D eigenvalue weighted by Gasteiger charge is 2.22. The van der Waals surface area contributed by atoms with Crippen molar-refractivity contribution >= 4 is 11.9 Å². The Bertz CT molecular complexity index is 523. The Morgan fingerprint density at radius 3 is 0.854 bits per heavy atom. The average Bonchev–Trinajstić information content (AvgIpc) is 2.96. The summed E-state index contributed by atoms with van der Waals surface area (Å²) in [5, 5.41) is 0. The maximum atomic E-state index is 12.1. The van der Waals surface area contributed by atoms with Crippen LogP contribution in [0, 0.1) is 5.41 Å². The predicted octanol–water partition coefficient (Wildman–Crippen LogP) is 12.1. The number of hydrogen-bond donors (Lipinski definition) is 0. The van der Waals surface area contributed by atoms with Gasteiger partial charge < -0.3 is 9.47 Å². The second-order valence-corrected chi connectivity index (χ2v) is 13.5. The van der Waals surface area contributed by atoms with Gasteiger partial charge in [-0.1, -0.05) is 182 Å². The molecule has 0 saturated heterocycles. The minimum absolute atomic E-state index is 0.126. The molecule has 0 rings (SSSR count). The van der Waals surface area contributed by atoms with Crippen LogP contribution in [0.15, 0.2) is 0 Å². The molecule has 0 amide bonds. The summed E-state index contributed by atoms with van der Waals surface area (Å²) in [6.45, 7) is 9.12. The van der Waals surface area contributed by atoms with Crippen LogP contribution < -0.4 is 0 Å². The largest absolute Gasteiger partial charge is 0.465 e. The number of carbonyl (C=O) groups is 2. The van der Waals surface area contributed by atoms with Crippen LogP contribution in [0.5, 0.6) is 0 Å². The normalized spacial score (nSPS) is 11.6. The summed E-state index contributed by atoms with van der Waals surface area (Å²) in [6.07, 6.45) is 34.8. The van der Waals surface area contributed by atoms with E-state index >= 15 is 0 Å². The maximum absolute atomic E-state index is 12.1. The van der Waals surface area contributed by atoms with Crippen LogP contribution in [0.2, 0.25) is 0 Å². The lowest BCUT2D eigenvalue weighted by Crippen LogP contribution is -2.28. The van der Waals surface area contributed by atoms with E-state index in [-0.39, 0.29) is 17.4 Å². The molecule has 0 aliphatic carbocycles. The number of ether oxygens (including phenoxy) is 2. The summed E-state index contributed by atoms with van der Waals surface area (Å²) in [4.78, 5) is 24.3. The molecule has 4 heteroatoms. The zero-order valence-electron chi connectivity index (χ0n) is 28.3. The standard InChI is InChI=1S/C37H72O4/c1-5-7-9-11-13-15-17-19-21-23-25-27-29-31-35(38)40-33-37(3,4)34-41-36(39)32-30-28-26-24-22-20-18-16-14-12-10-8-6-2/h5-34H2,1-4H3. The lowest BCUT2D eigenvalue weighted by Gasteiger charge is -2.23. The highest BCUT2D eigenvalue weighted by molar-refractivity contribution is 5.69. The molecule has 0 atom stereocenters. The van der Waals surface area contributed by atoms with Gasteiger partial charge in [-0.15, -0.1) is 0 Å². The molecule has 0 aromatic carbocycles. The van der Waals surface area contributed by atoms with Crippen LogP contribution in [-0.2, 0) is 19.1 Å². The molecule has 0 N–H and O–H groups in total. The Hall–Kier alpha value is -1.06. The van der Waals surface area contributed by atoms with Crippen LogP contribution in [-0.4, -0.2) is 25.2 Å². The number of esters is 2. The number of carbonyl (C=O) groups excluding carboxylic acids is 2. The summed E-state index contributed by atoms with van der Waals surface area (Å²) >= 11 is 0. The molecule has 0 aliphatic heterocycles. The first-order chi connectivity index (χ1) is 19.9. The van der Waals surface area contributed by atoms with Crippen molar-refractivity contribution in [1.82, 2.24) is 0 Å². The van der Waals surface area contributed by atoms with Crippen molar-refractivity contribution in [1.29, 1.82) is 0 Å². The quantitative estimate of drug-likeness (QED) is 0.0586. The van der Waals surface area contributed by atoms with Gasteiger partial charge in [0.1, 0.15) is 0 Å². The van der Waals surface area contributed by atoms with Gasteiger partial charge in [-0.3, -0.25) is 9.59 Å². The second-order valence-electron chi connectivity index (χ2n) is 13.5. The van der Waals surface area contributed by atoms with Crippen molar-refractivity contribution in [2.24, 2.45) is 5.41 Å². The molecular weight excluding hydrogens is 508 g/mol. The fourth-order valence-electron chi connectivity index (χ4n) is 5.31. The topological polar surface area (TPSA) is 52.6 Å². The zero-order chi connectivity index (χ0) is 30.3. The highest BCUT2D eigenvalue weighted by Crippen LogP contribution is 2.19. The SMILES string of the molecule is CCCCCCCCCCCCCCCC(=O)OCC(C)(C)COC(=O)CCCCCCCCCCCCCCC. The molecule has 0 aromatic rings. The van der Waals surface area contributed by atoms with Crippen molar-refractivity contribution in [3.8, 4) is 0 Å². The van der Waals surface area contributed by atoms with Crippen molar-refractivity contribution in [2.75, 3.05) is 13.2 Å². The summed E-state index contributed by atoms with van der Waals surface area (Å²) in [6, 6.07) is 0. The molecule has 0 fully saturated rings. The van der Waals surface area contributed by atoms with Gasteiger partial charge in [0.15, 0.2) is 0 Å². The van der Waals surface area contributed by atoms with Gasteiger partial charge in [0.2, 0.25) is 0 Å². The molecular formula is C37H72O4. The van der Waals surface area contributed by atoms with Gasteiger partial charge in [-0.2, -0.15) is 0 Å². The molecule has 41 heavy (non-hydrogen) atoms. The molecule has 0 heterocycles. The fourth-order valence-corrected chi connectivity index (χ4v) is 5.31. The first kappa shape index (κ1) is 39.9. The first-order valence-electron chi connectivity index (χ1n) is 18.2. The molecule has 0 spiro atoms. The van der Waals surface area contributed by atoms with Crippen molar-refractivity contribution in [2.45, 2.75) is 207 Å². The van der Waals surface area contributed by atoms with E-state index in [0.717, 1.165) is 25.7 Å². The molecule has 0 saturated carbocycles. The van der Waals surface area contributed by atoms with E-state index in [9.17, 15) is 9.59 Å². The Morgan fingerprint density at radius 2 is 0.610 bits per heavy atom. The van der Waals surface area contributed by atoms with Crippen molar-refractivity contribution in [3.63, 3.8) is 0 Å². The fraction of sp³-hybridized carbons (Fsp3) is 0.946. The van der Waals surface area contributed by atoms with Crippen LogP contribution in [0.3, 0.4) is 0 Å². The Labute approximate surface area is 256 Å². The van der Waals surface area contributed by atoms with Gasteiger partial charge in [0.25, 0.3) is 0 Å². The predicted molar refractivity (Wildman–Crippen MR) is 176 cm³/mol. The second kappa shape index (κ2) is 30.4. The van der Waals surface area contributed by atoms with Crippen molar-refractivity contribution < 1.29 is 19.1 Å². The average molecular weight is 581 g/mol. The third-order valence-electron chi connectivity index (χ3n) is 8.22. The van der Waals surface area contributed by atoms with E-state index < -0.39 is 0 Å². The first-order valence-corrected chi connectivity index (χ1v) is 18.2. The lowest BCUT2D eigenvalue weighted by atomic mass is 9.96. The number of unbranched alkanes of at least 4 members (excludes halogenated alkanes) is 24. The van der Waals surface area contributed by atoms with Crippen molar-refractivity contribution in [3.05, 3.63) is 0 Å². The zero-order valence-corrected chi connectivity index (χ0v) is 28.3. The van der Waals surface area contributed by atoms with Crippen LogP contribution in [0.1, 0.15) is 207 Å². The maximum Gasteiger partial charge on any atom is 0.305 e. The van der Waals surface area contributed by atoms with E-state index in [0.29, 0.717) is 26.1 Å². The number of rotatable bonds is 32. The summed E-state index contributed by atoms with van der Waals surface area (Å²) in [7, 11) is 0. The van der Waals surface area contributed by atoms with E-state index in [2.05, 4.69) is 13.8 Å². The van der Waals surface area contributed by atoms with Gasteiger partial charge in [0.05, 0.1) is 13.2 Å². The highest BCUT2D eigenvalue weighted by atomic mass is 16.5. The van der Waals surface area contributed by atoms with Gasteiger partial charge in [-0.05, 0) is 12.8 Å². The minimum Gasteiger partial charge on any atom is -0.465 e. The Kier molecular flexibility index (Phi) is 29.6. The molecule has 0 unspecified atom stereocenters. The van der Waals surface area contributed by atoms with E-state index in [1.54, 1.807) is 0 Å². The van der Waals surface area contributed by atoms with Gasteiger partial charge >= 0.3 is 11.9 Å².